The van der Waals surface area contributed by atoms with E-state index in [-0.39, 0.29) is 12.1 Å². The van der Waals surface area contributed by atoms with E-state index in [1.165, 1.54) is 0 Å². The number of hydrogen-bond acceptors (Lipinski definition) is 5. The summed E-state index contributed by atoms with van der Waals surface area (Å²) >= 11 is 0. The van der Waals surface area contributed by atoms with Crippen molar-refractivity contribution in [3.63, 3.8) is 0 Å². The van der Waals surface area contributed by atoms with Crippen LogP contribution < -0.4 is 5.73 Å². The van der Waals surface area contributed by atoms with Crippen molar-refractivity contribution in [1.29, 1.82) is 0 Å². The molecule has 0 radical (unpaired) electrons. The second kappa shape index (κ2) is 6.12. The Morgan fingerprint density at radius 1 is 1.29 bits per heavy atom. The van der Waals surface area contributed by atoms with Crippen LogP contribution >= 0.6 is 0 Å². The molecule has 0 bridgehead atoms. The summed E-state index contributed by atoms with van der Waals surface area (Å²) in [6.07, 6.45) is 0.694. The Morgan fingerprint density at radius 3 is 2.41 bits per heavy atom. The fraction of sp³-hybridized carbons (Fsp3) is 0.833. The summed E-state index contributed by atoms with van der Waals surface area (Å²) in [5, 5.41) is 3.95. The van der Waals surface area contributed by atoms with Gasteiger partial charge in [-0.1, -0.05) is 32.9 Å². The Kier molecular flexibility index (Phi) is 5.08. The molecule has 5 nitrogen and oxygen atoms in total. The van der Waals surface area contributed by atoms with Gasteiger partial charge < -0.3 is 15.0 Å². The zero-order chi connectivity index (χ0) is 13.0. The number of rotatable bonds is 6. The van der Waals surface area contributed by atoms with Gasteiger partial charge in [0.2, 0.25) is 11.7 Å². The Labute approximate surface area is 103 Å². The van der Waals surface area contributed by atoms with Crippen LogP contribution in [0.4, 0.5) is 0 Å². The summed E-state index contributed by atoms with van der Waals surface area (Å²) < 4.78 is 10.5. The van der Waals surface area contributed by atoms with E-state index < -0.39 is 0 Å². The molecule has 2 N–H and O–H groups in total. The van der Waals surface area contributed by atoms with E-state index in [0.717, 1.165) is 6.42 Å². The minimum Gasteiger partial charge on any atom is -0.373 e. The Balaban J connectivity index is 2.76. The van der Waals surface area contributed by atoms with Gasteiger partial charge in [-0.05, 0) is 18.3 Å². The van der Waals surface area contributed by atoms with Gasteiger partial charge in [-0.25, -0.2) is 0 Å². The monoisotopic (exact) mass is 241 g/mol. The van der Waals surface area contributed by atoms with E-state index >= 15 is 0 Å². The molecular weight excluding hydrogens is 218 g/mol. The maximum absolute atomic E-state index is 5.99. The zero-order valence-corrected chi connectivity index (χ0v) is 11.3. The lowest BCUT2D eigenvalue weighted by molar-refractivity contribution is 0.0555. The molecule has 0 aliphatic heterocycles. The van der Waals surface area contributed by atoms with E-state index in [4.69, 9.17) is 15.0 Å². The van der Waals surface area contributed by atoms with Crippen LogP contribution in [0.25, 0.3) is 0 Å². The van der Waals surface area contributed by atoms with Gasteiger partial charge in [-0.15, -0.1) is 0 Å². The lowest BCUT2D eigenvalue weighted by Gasteiger charge is -2.14. The van der Waals surface area contributed by atoms with Crippen molar-refractivity contribution < 1.29 is 9.26 Å². The Bertz CT molecular complexity index is 336. The fourth-order valence-corrected chi connectivity index (χ4v) is 1.80. The summed E-state index contributed by atoms with van der Waals surface area (Å²) in [4.78, 5) is 4.33. The maximum atomic E-state index is 5.99. The van der Waals surface area contributed by atoms with Crippen LogP contribution in [0.3, 0.4) is 0 Å². The number of nitrogens with zero attached hydrogens (tertiary/aromatic N) is 2. The smallest absolute Gasteiger partial charge is 0.243 e. The topological polar surface area (TPSA) is 74.2 Å². The average molecular weight is 241 g/mol. The fourth-order valence-electron chi connectivity index (χ4n) is 1.80. The van der Waals surface area contributed by atoms with Crippen molar-refractivity contribution in [3.05, 3.63) is 11.7 Å². The third-order valence-corrected chi connectivity index (χ3v) is 2.61. The molecule has 17 heavy (non-hydrogen) atoms. The summed E-state index contributed by atoms with van der Waals surface area (Å²) in [7, 11) is 1.65. The first-order chi connectivity index (χ1) is 7.95. The molecule has 0 amide bonds. The van der Waals surface area contributed by atoms with Crippen molar-refractivity contribution in [2.75, 3.05) is 7.11 Å². The lowest BCUT2D eigenvalue weighted by atomic mass is 10.0. The highest BCUT2D eigenvalue weighted by Gasteiger charge is 2.23. The summed E-state index contributed by atoms with van der Waals surface area (Å²) in [6, 6.07) is -0.194. The summed E-state index contributed by atoms with van der Waals surface area (Å²) in [6.45, 7) is 8.34. The number of nitrogens with two attached hydrogens (primary N) is 1. The van der Waals surface area contributed by atoms with Crippen molar-refractivity contribution >= 4 is 0 Å². The first-order valence-corrected chi connectivity index (χ1v) is 6.07. The second-order valence-corrected chi connectivity index (χ2v) is 5.13. The predicted octanol–water partition coefficient (Wildman–Crippen LogP) is 2.46. The van der Waals surface area contributed by atoms with Crippen LogP contribution in [-0.4, -0.2) is 17.3 Å². The molecule has 0 saturated carbocycles. The quantitative estimate of drug-likeness (QED) is 0.828. The van der Waals surface area contributed by atoms with Gasteiger partial charge in [0.15, 0.2) is 0 Å². The molecule has 0 aromatic carbocycles. The maximum Gasteiger partial charge on any atom is 0.243 e. The molecule has 0 aliphatic rings. The highest BCUT2D eigenvalue weighted by atomic mass is 16.5. The van der Waals surface area contributed by atoms with Crippen LogP contribution in [0.2, 0.25) is 0 Å². The van der Waals surface area contributed by atoms with Gasteiger partial charge >= 0.3 is 0 Å². The summed E-state index contributed by atoms with van der Waals surface area (Å²) in [5.74, 6) is 1.88. The van der Waals surface area contributed by atoms with Crippen LogP contribution in [0, 0.1) is 11.8 Å². The van der Waals surface area contributed by atoms with Crippen molar-refractivity contribution in [2.45, 2.75) is 46.3 Å². The second-order valence-electron chi connectivity index (χ2n) is 5.13. The van der Waals surface area contributed by atoms with Crippen molar-refractivity contribution in [2.24, 2.45) is 17.6 Å². The number of methoxy groups -OCH3 is 1. The first-order valence-electron chi connectivity index (χ1n) is 6.07. The number of aromatic nitrogens is 2. The molecule has 1 heterocycles. The van der Waals surface area contributed by atoms with Crippen LogP contribution in [-0.2, 0) is 4.74 Å². The van der Waals surface area contributed by atoms with E-state index in [0.29, 0.717) is 23.6 Å². The number of hydrogen-bond donors (Lipinski definition) is 1. The first kappa shape index (κ1) is 14.1. The Morgan fingerprint density at radius 2 is 1.94 bits per heavy atom. The molecule has 0 spiro atoms. The van der Waals surface area contributed by atoms with Crippen LogP contribution in [0.5, 0.6) is 0 Å². The molecule has 2 atom stereocenters. The standard InChI is InChI=1S/C12H23N3O2/c1-7(2)6-9(13)12-14-11(15-17-12)10(16-5)8(3)4/h7-10H,6,13H2,1-5H3/t9-,10?/m0/s1. The minimum absolute atomic E-state index is 0.140. The molecule has 0 aliphatic carbocycles. The van der Waals surface area contributed by atoms with Crippen molar-refractivity contribution in [1.82, 2.24) is 10.1 Å². The highest BCUT2D eigenvalue weighted by Crippen LogP contribution is 2.24. The minimum atomic E-state index is -0.194. The third kappa shape index (κ3) is 3.78. The molecule has 1 aromatic heterocycles. The third-order valence-electron chi connectivity index (χ3n) is 2.61. The highest BCUT2D eigenvalue weighted by molar-refractivity contribution is 4.96. The van der Waals surface area contributed by atoms with E-state index in [1.807, 2.05) is 0 Å². The van der Waals surface area contributed by atoms with Crippen LogP contribution in [0.15, 0.2) is 4.52 Å². The molecular formula is C12H23N3O2. The van der Waals surface area contributed by atoms with Gasteiger partial charge in [0.1, 0.15) is 6.10 Å². The lowest BCUT2D eigenvalue weighted by Crippen LogP contribution is -2.14. The van der Waals surface area contributed by atoms with E-state index in [9.17, 15) is 0 Å². The molecule has 1 aromatic rings. The normalized spacial score (nSPS) is 15.5. The Hall–Kier alpha value is -0.940. The molecule has 1 rings (SSSR count). The van der Waals surface area contributed by atoms with E-state index in [1.54, 1.807) is 7.11 Å². The van der Waals surface area contributed by atoms with Gasteiger partial charge in [0.05, 0.1) is 6.04 Å². The largest absolute Gasteiger partial charge is 0.373 e. The summed E-state index contributed by atoms with van der Waals surface area (Å²) in [5.41, 5.74) is 5.99. The number of ether oxygens (including phenoxy) is 1. The van der Waals surface area contributed by atoms with Crippen molar-refractivity contribution in [3.8, 4) is 0 Å². The average Bonchev–Trinajstić information content (AvgIpc) is 2.66. The van der Waals surface area contributed by atoms with Gasteiger partial charge in [0.25, 0.3) is 0 Å². The molecule has 0 saturated heterocycles. The molecule has 0 fully saturated rings. The molecule has 1 unspecified atom stereocenters. The van der Waals surface area contributed by atoms with Crippen LogP contribution in [0.1, 0.15) is 58.0 Å². The van der Waals surface area contributed by atoms with E-state index in [2.05, 4.69) is 37.8 Å². The van der Waals surface area contributed by atoms with Gasteiger partial charge in [-0.2, -0.15) is 4.98 Å². The zero-order valence-electron chi connectivity index (χ0n) is 11.3. The molecule has 98 valence electrons. The predicted molar refractivity (Wildman–Crippen MR) is 65.3 cm³/mol. The molecule has 5 heteroatoms. The van der Waals surface area contributed by atoms with Gasteiger partial charge in [-0.3, -0.25) is 0 Å². The van der Waals surface area contributed by atoms with Gasteiger partial charge in [0, 0.05) is 7.11 Å². The SMILES string of the molecule is COC(c1noc([C@@H](N)CC(C)C)n1)C(C)C.